The van der Waals surface area contributed by atoms with Crippen LogP contribution < -0.4 is 4.90 Å². The molecule has 2 heterocycles. The Kier molecular flexibility index (Phi) is 7.24. The second-order valence-electron chi connectivity index (χ2n) is 9.03. The molecule has 1 N–H and O–H groups in total. The predicted molar refractivity (Wildman–Crippen MR) is 131 cm³/mol. The average Bonchev–Trinajstić information content (AvgIpc) is 3.15. The van der Waals surface area contributed by atoms with Gasteiger partial charge >= 0.3 is 6.18 Å². The van der Waals surface area contributed by atoms with E-state index in [0.29, 0.717) is 17.9 Å². The van der Waals surface area contributed by atoms with Gasteiger partial charge in [0.05, 0.1) is 16.3 Å². The summed E-state index contributed by atoms with van der Waals surface area (Å²) < 4.78 is 38.9. The molecule has 1 aliphatic heterocycles. The molecule has 0 spiro atoms. The SMILES string of the molecule is CC(=O)N(c1ccccc1C)C1CCN(Cc2nc(-c3ccc(C(F)(F)F)cc3Cl)[nH]c2C)CC1. The van der Waals surface area contributed by atoms with E-state index in [4.69, 9.17) is 11.6 Å². The summed E-state index contributed by atoms with van der Waals surface area (Å²) in [6.07, 6.45) is -2.76. The number of hydrogen-bond acceptors (Lipinski definition) is 3. The Morgan fingerprint density at radius 3 is 2.46 bits per heavy atom. The topological polar surface area (TPSA) is 52.2 Å². The summed E-state index contributed by atoms with van der Waals surface area (Å²) in [6.45, 7) is 7.75. The summed E-state index contributed by atoms with van der Waals surface area (Å²) >= 11 is 6.15. The van der Waals surface area contributed by atoms with Crippen LogP contribution in [0.15, 0.2) is 42.5 Å². The van der Waals surface area contributed by atoms with Gasteiger partial charge in [-0.05, 0) is 56.5 Å². The van der Waals surface area contributed by atoms with Gasteiger partial charge in [0.15, 0.2) is 0 Å². The third-order valence-corrected chi connectivity index (χ3v) is 6.86. The van der Waals surface area contributed by atoms with Crippen molar-refractivity contribution in [2.75, 3.05) is 18.0 Å². The number of para-hydroxylation sites is 1. The summed E-state index contributed by atoms with van der Waals surface area (Å²) in [5.41, 5.74) is 3.36. The molecule has 0 radical (unpaired) electrons. The van der Waals surface area contributed by atoms with Crippen LogP contribution in [0.25, 0.3) is 11.4 Å². The average molecular weight is 505 g/mol. The van der Waals surface area contributed by atoms with Gasteiger partial charge in [-0.3, -0.25) is 9.69 Å². The number of carbonyl (C=O) groups is 1. The molecule has 0 saturated carbocycles. The maximum atomic E-state index is 13.0. The number of halogens is 4. The number of anilines is 1. The lowest BCUT2D eigenvalue weighted by atomic mass is 10.0. The minimum Gasteiger partial charge on any atom is -0.342 e. The standard InChI is InChI=1S/C26H28ClF3N4O/c1-16-6-4-5-7-24(16)34(18(3)35)20-10-12-33(13-11-20)15-23-17(2)31-25(32-23)21-9-8-19(14-22(21)27)26(28,29)30/h4-9,14,20H,10-13,15H2,1-3H3,(H,31,32). The molecular formula is C26H28ClF3N4O. The summed E-state index contributed by atoms with van der Waals surface area (Å²) in [5, 5.41) is 0.00136. The van der Waals surface area contributed by atoms with Gasteiger partial charge in [-0.1, -0.05) is 29.8 Å². The molecule has 1 aromatic heterocycles. The zero-order valence-corrected chi connectivity index (χ0v) is 20.7. The molecule has 5 nitrogen and oxygen atoms in total. The molecule has 0 aliphatic carbocycles. The number of nitrogens with zero attached hydrogens (tertiary/aromatic N) is 3. The van der Waals surface area contributed by atoms with Crippen LogP contribution in [0.4, 0.5) is 18.9 Å². The van der Waals surface area contributed by atoms with E-state index < -0.39 is 11.7 Å². The first-order valence-corrected chi connectivity index (χ1v) is 11.9. The molecule has 35 heavy (non-hydrogen) atoms. The molecule has 3 aromatic rings. The molecule has 0 atom stereocenters. The number of hydrogen-bond donors (Lipinski definition) is 1. The minimum atomic E-state index is -4.45. The molecule has 1 saturated heterocycles. The number of aryl methyl sites for hydroxylation is 2. The van der Waals surface area contributed by atoms with Gasteiger partial charge < -0.3 is 9.88 Å². The predicted octanol–water partition coefficient (Wildman–Crippen LogP) is 6.38. The third-order valence-electron chi connectivity index (χ3n) is 6.55. The van der Waals surface area contributed by atoms with E-state index in [-0.39, 0.29) is 17.0 Å². The lowest BCUT2D eigenvalue weighted by molar-refractivity contribution is -0.137. The van der Waals surface area contributed by atoms with Gasteiger partial charge in [-0.15, -0.1) is 0 Å². The summed E-state index contributed by atoms with van der Waals surface area (Å²) in [6, 6.07) is 11.3. The first-order chi connectivity index (χ1) is 16.5. The van der Waals surface area contributed by atoms with Gasteiger partial charge in [0.2, 0.25) is 5.91 Å². The van der Waals surface area contributed by atoms with Gasteiger partial charge in [-0.25, -0.2) is 4.98 Å². The fraction of sp³-hybridized carbons (Fsp3) is 0.385. The molecule has 1 aliphatic rings. The van der Waals surface area contributed by atoms with Crippen LogP contribution in [0.3, 0.4) is 0 Å². The highest BCUT2D eigenvalue weighted by atomic mass is 35.5. The number of alkyl halides is 3. The monoisotopic (exact) mass is 504 g/mol. The Hall–Kier alpha value is -2.84. The van der Waals surface area contributed by atoms with E-state index in [1.165, 1.54) is 6.07 Å². The number of H-pyrrole nitrogens is 1. The van der Waals surface area contributed by atoms with Crippen molar-refractivity contribution in [1.82, 2.24) is 14.9 Å². The van der Waals surface area contributed by atoms with Crippen molar-refractivity contribution >= 4 is 23.2 Å². The zero-order valence-electron chi connectivity index (χ0n) is 19.9. The molecule has 1 fully saturated rings. The summed E-state index contributed by atoms with van der Waals surface area (Å²) in [4.78, 5) is 24.5. The van der Waals surface area contributed by atoms with E-state index in [2.05, 4.69) is 14.9 Å². The largest absolute Gasteiger partial charge is 0.416 e. The van der Waals surface area contributed by atoms with Gasteiger partial charge in [-0.2, -0.15) is 13.2 Å². The lowest BCUT2D eigenvalue weighted by Gasteiger charge is -2.38. The highest BCUT2D eigenvalue weighted by Crippen LogP contribution is 2.35. The highest BCUT2D eigenvalue weighted by molar-refractivity contribution is 6.33. The van der Waals surface area contributed by atoms with E-state index in [1.54, 1.807) is 6.92 Å². The maximum Gasteiger partial charge on any atom is 0.416 e. The number of aromatic nitrogens is 2. The lowest BCUT2D eigenvalue weighted by Crippen LogP contribution is -2.47. The smallest absolute Gasteiger partial charge is 0.342 e. The van der Waals surface area contributed by atoms with Gasteiger partial charge in [0.25, 0.3) is 0 Å². The number of imidazole rings is 1. The van der Waals surface area contributed by atoms with Gasteiger partial charge in [0.1, 0.15) is 5.82 Å². The van der Waals surface area contributed by atoms with Crippen LogP contribution in [0.5, 0.6) is 0 Å². The van der Waals surface area contributed by atoms with E-state index in [0.717, 1.165) is 60.7 Å². The van der Waals surface area contributed by atoms with Crippen molar-refractivity contribution < 1.29 is 18.0 Å². The molecule has 0 bridgehead atoms. The Labute approximate surface area is 207 Å². The normalized spacial score (nSPS) is 15.4. The zero-order chi connectivity index (χ0) is 25.3. The van der Waals surface area contributed by atoms with Crippen LogP contribution >= 0.6 is 11.6 Å². The van der Waals surface area contributed by atoms with Crippen molar-refractivity contribution in [2.45, 2.75) is 52.4 Å². The van der Waals surface area contributed by atoms with Crippen LogP contribution in [-0.2, 0) is 17.5 Å². The van der Waals surface area contributed by atoms with Crippen LogP contribution in [-0.4, -0.2) is 39.9 Å². The number of nitrogens with one attached hydrogen (secondary N) is 1. The van der Waals surface area contributed by atoms with Gasteiger partial charge in [0, 0.05) is 49.5 Å². The van der Waals surface area contributed by atoms with Crippen LogP contribution in [0.1, 0.15) is 42.3 Å². The second-order valence-corrected chi connectivity index (χ2v) is 9.44. The molecular weight excluding hydrogens is 477 g/mol. The molecule has 186 valence electrons. The number of piperidine rings is 1. The fourth-order valence-corrected chi connectivity index (χ4v) is 4.94. The Morgan fingerprint density at radius 1 is 1.17 bits per heavy atom. The first-order valence-electron chi connectivity index (χ1n) is 11.5. The molecule has 2 aromatic carbocycles. The fourth-order valence-electron chi connectivity index (χ4n) is 4.67. The van der Waals surface area contributed by atoms with Crippen molar-refractivity contribution in [1.29, 1.82) is 0 Å². The number of carbonyl (C=O) groups excluding carboxylic acids is 1. The molecule has 4 rings (SSSR count). The van der Waals surface area contributed by atoms with Crippen LogP contribution in [0.2, 0.25) is 5.02 Å². The van der Waals surface area contributed by atoms with E-state index in [9.17, 15) is 18.0 Å². The van der Waals surface area contributed by atoms with E-state index in [1.807, 2.05) is 43.0 Å². The number of likely N-dealkylation sites (tertiary alicyclic amines) is 1. The van der Waals surface area contributed by atoms with Crippen molar-refractivity contribution in [3.63, 3.8) is 0 Å². The Morgan fingerprint density at radius 2 is 1.86 bits per heavy atom. The first kappa shape index (κ1) is 25.3. The van der Waals surface area contributed by atoms with E-state index >= 15 is 0 Å². The number of aromatic amines is 1. The maximum absolute atomic E-state index is 13.0. The minimum absolute atomic E-state index is 0.00136. The number of rotatable bonds is 5. The summed E-state index contributed by atoms with van der Waals surface area (Å²) in [7, 11) is 0. The Bertz CT molecular complexity index is 1220. The molecule has 0 unspecified atom stereocenters. The van der Waals surface area contributed by atoms with Crippen molar-refractivity contribution in [3.8, 4) is 11.4 Å². The van der Waals surface area contributed by atoms with Crippen molar-refractivity contribution in [3.05, 3.63) is 70.0 Å². The molecule has 9 heteroatoms. The molecule has 1 amide bonds. The second kappa shape index (κ2) is 10.0. The summed E-state index contributed by atoms with van der Waals surface area (Å²) in [5.74, 6) is 0.493. The number of benzene rings is 2. The third kappa shape index (κ3) is 5.54. The number of amides is 1. The van der Waals surface area contributed by atoms with Crippen LogP contribution in [0, 0.1) is 13.8 Å². The quantitative estimate of drug-likeness (QED) is 0.438. The highest BCUT2D eigenvalue weighted by Gasteiger charge is 2.31. The van der Waals surface area contributed by atoms with Crippen molar-refractivity contribution in [2.24, 2.45) is 0 Å². The Balaban J connectivity index is 1.44.